The van der Waals surface area contributed by atoms with Gasteiger partial charge in [-0.05, 0) is 43.5 Å². The lowest BCUT2D eigenvalue weighted by atomic mass is 10.1. The summed E-state index contributed by atoms with van der Waals surface area (Å²) in [6, 6.07) is 5.62. The first-order valence-corrected chi connectivity index (χ1v) is 9.36. The molecule has 1 atom stereocenters. The minimum atomic E-state index is -4.14. The van der Waals surface area contributed by atoms with Crippen LogP contribution in [0.4, 0.5) is 13.2 Å². The number of ether oxygens (including phenoxy) is 2. The fourth-order valence-corrected chi connectivity index (χ4v) is 3.21. The first-order valence-electron chi connectivity index (χ1n) is 9.36. The predicted molar refractivity (Wildman–Crippen MR) is 103 cm³/mol. The molecule has 0 amide bonds. The number of guanidine groups is 1. The highest BCUT2D eigenvalue weighted by Crippen LogP contribution is 2.27. The fourth-order valence-electron chi connectivity index (χ4n) is 3.21. The summed E-state index contributed by atoms with van der Waals surface area (Å²) in [7, 11) is 3.17. The number of nitrogens with zero attached hydrogens (tertiary/aromatic N) is 2. The Kier molecular flexibility index (Phi) is 8.22. The van der Waals surface area contributed by atoms with Gasteiger partial charge in [-0.3, -0.25) is 4.90 Å². The van der Waals surface area contributed by atoms with Crippen LogP contribution < -0.4 is 20.1 Å². The van der Waals surface area contributed by atoms with E-state index in [1.54, 1.807) is 14.2 Å². The van der Waals surface area contributed by atoms with Gasteiger partial charge in [-0.1, -0.05) is 6.07 Å². The smallest absolute Gasteiger partial charge is 0.401 e. The minimum absolute atomic E-state index is 0.173. The fraction of sp³-hybridized carbons (Fsp3) is 0.632. The van der Waals surface area contributed by atoms with E-state index in [9.17, 15) is 13.2 Å². The molecule has 1 saturated heterocycles. The van der Waals surface area contributed by atoms with E-state index in [0.29, 0.717) is 50.2 Å². The Morgan fingerprint density at radius 3 is 2.61 bits per heavy atom. The van der Waals surface area contributed by atoms with Gasteiger partial charge in [0, 0.05) is 19.6 Å². The van der Waals surface area contributed by atoms with Crippen LogP contribution in [0, 0.1) is 5.92 Å². The summed E-state index contributed by atoms with van der Waals surface area (Å²) >= 11 is 0. The van der Waals surface area contributed by atoms with Crippen molar-refractivity contribution < 1.29 is 22.6 Å². The Balaban J connectivity index is 1.89. The topological polar surface area (TPSA) is 58.1 Å². The quantitative estimate of drug-likeness (QED) is 0.517. The SMILES string of the molecule is CCNC(=NCc1ccc(OC)c(OC)c1)NCC1CCN(CC(F)(F)F)C1. The van der Waals surface area contributed by atoms with Crippen molar-refractivity contribution in [3.05, 3.63) is 23.8 Å². The second-order valence-corrected chi connectivity index (χ2v) is 6.77. The van der Waals surface area contributed by atoms with Crippen molar-refractivity contribution in [2.24, 2.45) is 10.9 Å². The van der Waals surface area contributed by atoms with Crippen LogP contribution in [0.25, 0.3) is 0 Å². The lowest BCUT2D eigenvalue weighted by Crippen LogP contribution is -2.40. The molecule has 0 spiro atoms. The zero-order valence-electron chi connectivity index (χ0n) is 16.6. The molecule has 1 aromatic rings. The highest BCUT2D eigenvalue weighted by molar-refractivity contribution is 5.79. The van der Waals surface area contributed by atoms with Crippen LogP contribution in [0.3, 0.4) is 0 Å². The van der Waals surface area contributed by atoms with Crippen LogP contribution in [0.2, 0.25) is 0 Å². The summed E-state index contributed by atoms with van der Waals surface area (Å²) in [6.07, 6.45) is -3.39. The van der Waals surface area contributed by atoms with Gasteiger partial charge in [0.05, 0.1) is 27.3 Å². The number of hydrogen-bond donors (Lipinski definition) is 2. The van der Waals surface area contributed by atoms with Crippen LogP contribution in [0.1, 0.15) is 18.9 Å². The summed E-state index contributed by atoms with van der Waals surface area (Å²) in [5, 5.41) is 6.41. The third-order valence-electron chi connectivity index (χ3n) is 4.54. The molecule has 0 aliphatic carbocycles. The van der Waals surface area contributed by atoms with Crippen molar-refractivity contribution in [2.45, 2.75) is 26.1 Å². The van der Waals surface area contributed by atoms with Gasteiger partial charge in [0.2, 0.25) is 0 Å². The Labute approximate surface area is 164 Å². The Hall–Kier alpha value is -2.16. The van der Waals surface area contributed by atoms with Gasteiger partial charge in [0.15, 0.2) is 17.5 Å². The molecule has 0 radical (unpaired) electrons. The molecule has 1 aromatic carbocycles. The van der Waals surface area contributed by atoms with E-state index >= 15 is 0 Å². The molecule has 2 rings (SSSR count). The monoisotopic (exact) mass is 402 g/mol. The lowest BCUT2D eigenvalue weighted by Gasteiger charge is -2.18. The van der Waals surface area contributed by atoms with E-state index in [1.165, 1.54) is 4.90 Å². The van der Waals surface area contributed by atoms with E-state index in [1.807, 2.05) is 25.1 Å². The molecule has 0 aromatic heterocycles. The number of methoxy groups -OCH3 is 2. The van der Waals surface area contributed by atoms with E-state index in [0.717, 1.165) is 12.0 Å². The molecule has 9 heteroatoms. The molecular weight excluding hydrogens is 373 g/mol. The summed E-state index contributed by atoms with van der Waals surface area (Å²) in [5.41, 5.74) is 0.965. The maximum atomic E-state index is 12.5. The molecule has 158 valence electrons. The highest BCUT2D eigenvalue weighted by Gasteiger charge is 2.34. The zero-order valence-corrected chi connectivity index (χ0v) is 16.6. The average Bonchev–Trinajstić information content (AvgIpc) is 3.09. The van der Waals surface area contributed by atoms with Gasteiger partial charge in [0.25, 0.3) is 0 Å². The van der Waals surface area contributed by atoms with Crippen molar-refractivity contribution in [1.29, 1.82) is 0 Å². The van der Waals surface area contributed by atoms with Gasteiger partial charge in [-0.2, -0.15) is 13.2 Å². The summed E-state index contributed by atoms with van der Waals surface area (Å²) < 4.78 is 48.1. The maximum Gasteiger partial charge on any atom is 0.401 e. The van der Waals surface area contributed by atoms with Crippen LogP contribution in [0.15, 0.2) is 23.2 Å². The van der Waals surface area contributed by atoms with Crippen molar-refractivity contribution in [1.82, 2.24) is 15.5 Å². The zero-order chi connectivity index (χ0) is 20.6. The molecule has 28 heavy (non-hydrogen) atoms. The average molecular weight is 402 g/mol. The van der Waals surface area contributed by atoms with E-state index < -0.39 is 12.7 Å². The van der Waals surface area contributed by atoms with Gasteiger partial charge in [-0.15, -0.1) is 0 Å². The number of likely N-dealkylation sites (tertiary alicyclic amines) is 1. The summed E-state index contributed by atoms with van der Waals surface area (Å²) in [5.74, 6) is 2.12. The largest absolute Gasteiger partial charge is 0.493 e. The number of benzene rings is 1. The van der Waals surface area contributed by atoms with E-state index in [4.69, 9.17) is 9.47 Å². The number of alkyl halides is 3. The molecule has 1 heterocycles. The standard InChI is InChI=1S/C19H29F3N4O2/c1-4-23-18(24-10-14-5-6-16(27-2)17(9-14)28-3)25-11-15-7-8-26(12-15)13-19(20,21)22/h5-6,9,15H,4,7-8,10-13H2,1-3H3,(H2,23,24,25). The van der Waals surface area contributed by atoms with E-state index in [2.05, 4.69) is 15.6 Å². The number of hydrogen-bond acceptors (Lipinski definition) is 4. The normalized spacial score (nSPS) is 18.2. The van der Waals surface area contributed by atoms with Gasteiger partial charge >= 0.3 is 6.18 Å². The third kappa shape index (κ3) is 7.10. The first kappa shape index (κ1) is 22.1. The highest BCUT2D eigenvalue weighted by atomic mass is 19.4. The first-order chi connectivity index (χ1) is 13.3. The second kappa shape index (κ2) is 10.4. The number of rotatable bonds is 8. The van der Waals surface area contributed by atoms with Crippen molar-refractivity contribution in [2.75, 3.05) is 46.9 Å². The number of aliphatic imine (C=N–C) groups is 1. The van der Waals surface area contributed by atoms with Crippen LogP contribution in [-0.2, 0) is 6.54 Å². The van der Waals surface area contributed by atoms with Gasteiger partial charge in [0.1, 0.15) is 0 Å². The Bertz CT molecular complexity index is 653. The van der Waals surface area contributed by atoms with Crippen LogP contribution in [0.5, 0.6) is 11.5 Å². The second-order valence-electron chi connectivity index (χ2n) is 6.77. The molecule has 0 saturated carbocycles. The Morgan fingerprint density at radius 1 is 1.21 bits per heavy atom. The summed E-state index contributed by atoms with van der Waals surface area (Å²) in [4.78, 5) is 6.02. The number of nitrogens with one attached hydrogen (secondary N) is 2. The van der Waals surface area contributed by atoms with Crippen molar-refractivity contribution in [3.8, 4) is 11.5 Å². The van der Waals surface area contributed by atoms with Gasteiger partial charge < -0.3 is 20.1 Å². The predicted octanol–water partition coefficient (Wildman–Crippen LogP) is 2.64. The lowest BCUT2D eigenvalue weighted by molar-refractivity contribution is -0.143. The van der Waals surface area contributed by atoms with Crippen molar-refractivity contribution in [3.63, 3.8) is 0 Å². The molecule has 1 unspecified atom stereocenters. The Morgan fingerprint density at radius 2 is 1.96 bits per heavy atom. The molecule has 2 N–H and O–H groups in total. The summed E-state index contributed by atoms with van der Waals surface area (Å²) in [6.45, 7) is 3.79. The molecule has 1 fully saturated rings. The molecule has 0 bridgehead atoms. The molecule has 6 nitrogen and oxygen atoms in total. The van der Waals surface area contributed by atoms with Crippen LogP contribution in [-0.4, -0.2) is 64.0 Å². The van der Waals surface area contributed by atoms with Crippen LogP contribution >= 0.6 is 0 Å². The van der Waals surface area contributed by atoms with E-state index in [-0.39, 0.29) is 5.92 Å². The van der Waals surface area contributed by atoms with Crippen molar-refractivity contribution >= 4 is 5.96 Å². The molecule has 1 aliphatic heterocycles. The minimum Gasteiger partial charge on any atom is -0.493 e. The van der Waals surface area contributed by atoms with Gasteiger partial charge in [-0.25, -0.2) is 4.99 Å². The maximum absolute atomic E-state index is 12.5. The molecular formula is C19H29F3N4O2. The third-order valence-corrected chi connectivity index (χ3v) is 4.54. The number of halogens is 3. The molecule has 1 aliphatic rings.